The van der Waals surface area contributed by atoms with Crippen molar-refractivity contribution in [2.24, 2.45) is 21.1 Å². The van der Waals surface area contributed by atoms with Gasteiger partial charge >= 0.3 is 0 Å². The van der Waals surface area contributed by atoms with Crippen LogP contribution in [0, 0.1) is 17.5 Å². The van der Waals surface area contributed by atoms with Crippen LogP contribution in [0.2, 0.25) is 0 Å². The monoisotopic (exact) mass is 1320 g/mol. The van der Waals surface area contributed by atoms with Crippen molar-refractivity contribution in [1.82, 2.24) is 43.6 Å². The molecular formula is C70H63F4N15O6S. The van der Waals surface area contributed by atoms with Gasteiger partial charge in [-0.3, -0.25) is 14.4 Å². The highest BCUT2D eigenvalue weighted by molar-refractivity contribution is 7.93. The Morgan fingerprint density at radius 2 is 0.667 bits per heavy atom. The lowest BCUT2D eigenvalue weighted by Gasteiger charge is -2.21. The third-order valence-electron chi connectivity index (χ3n) is 17.3. The van der Waals surface area contributed by atoms with Gasteiger partial charge in [0.15, 0.2) is 18.3 Å². The molecule has 3 atom stereocenters. The second-order valence-electron chi connectivity index (χ2n) is 22.9. The van der Waals surface area contributed by atoms with Crippen molar-refractivity contribution in [2.75, 3.05) is 57.8 Å². The molecule has 15 rings (SSSR count). The van der Waals surface area contributed by atoms with E-state index in [4.69, 9.17) is 17.2 Å². The summed E-state index contributed by atoms with van der Waals surface area (Å²) < 4.78 is 62.3. The van der Waals surface area contributed by atoms with E-state index in [0.717, 1.165) is 0 Å². The number of hydrogen-bond donors (Lipinski definition) is 6. The number of carbonyl (C=O) groups is 3. The number of anilines is 6. The fourth-order valence-corrected chi connectivity index (χ4v) is 12.7. The fourth-order valence-electron chi connectivity index (χ4n) is 12.7. The molecule has 3 amide bonds. The number of aliphatic hydroxyl groups excluding tert-OH is 3. The lowest BCUT2D eigenvalue weighted by Crippen LogP contribution is -2.33. The highest BCUT2D eigenvalue weighted by Crippen LogP contribution is 2.44. The summed E-state index contributed by atoms with van der Waals surface area (Å²) in [5.74, 6) is -1.79. The minimum Gasteiger partial charge on any atom is -0.383 e. The number of rotatable bonds is 9. The molecule has 9 N–H and O–H groups in total. The molecule has 0 saturated carbocycles. The first kappa shape index (κ1) is 65.0. The highest BCUT2D eigenvalue weighted by atomic mass is 32.2. The zero-order chi connectivity index (χ0) is 67.8. The number of carbonyl (C=O) groups excluding carboxylic acids is 3. The smallest absolute Gasteiger partial charge is 0.260 e. The predicted octanol–water partition coefficient (Wildman–Crippen LogP) is 10.2. The summed E-state index contributed by atoms with van der Waals surface area (Å²) in [4.78, 5) is 67.9. The van der Waals surface area contributed by atoms with E-state index >= 15 is 13.2 Å². The van der Waals surface area contributed by atoms with Crippen LogP contribution in [0.25, 0.3) is 66.5 Å². The number of fused-ring (bicyclic) bond motifs is 6. The molecule has 0 spiro atoms. The molecule has 9 heterocycles. The van der Waals surface area contributed by atoms with Crippen LogP contribution in [0.1, 0.15) is 51.7 Å². The van der Waals surface area contributed by atoms with Crippen molar-refractivity contribution in [3.05, 3.63) is 216 Å². The van der Waals surface area contributed by atoms with E-state index in [0.29, 0.717) is 156 Å². The number of nitrogen functional groups attached to an aromatic ring is 3. The number of aromatic nitrogens is 9. The Balaban J connectivity index is 0.000000135. The molecule has 0 saturated heterocycles. The third kappa shape index (κ3) is 11.8. The van der Waals surface area contributed by atoms with Gasteiger partial charge < -0.3 is 60.9 Å². The molecule has 1 unspecified atom stereocenters. The molecule has 0 radical (unpaired) electrons. The molecule has 488 valence electrons. The van der Waals surface area contributed by atoms with Gasteiger partial charge in [0.1, 0.15) is 70.8 Å². The van der Waals surface area contributed by atoms with Crippen LogP contribution in [0.3, 0.4) is 0 Å². The van der Waals surface area contributed by atoms with E-state index < -0.39 is 53.5 Å². The average molecular weight is 1320 g/mol. The number of aryl methyl sites for hydroxylation is 3. The zero-order valence-electron chi connectivity index (χ0n) is 52.1. The Hall–Kier alpha value is -11.1. The van der Waals surface area contributed by atoms with E-state index in [1.807, 2.05) is 39.3 Å². The normalized spacial score (nSPS) is 13.8. The molecule has 26 heteroatoms. The van der Waals surface area contributed by atoms with Gasteiger partial charge in [0.2, 0.25) is 0 Å². The Morgan fingerprint density at radius 1 is 0.417 bits per heavy atom. The number of benzene rings is 6. The maximum Gasteiger partial charge on any atom is 0.260 e. The number of nitrogens with two attached hydrogens (primary N) is 3. The molecule has 3 aliphatic rings. The van der Waals surface area contributed by atoms with E-state index in [9.17, 15) is 33.6 Å². The number of nitrogens with zero attached hydrogens (tertiary/aromatic N) is 12. The average Bonchev–Trinajstić information content (AvgIpc) is 1.60. The summed E-state index contributed by atoms with van der Waals surface area (Å²) in [7, 11) is 5.44. The summed E-state index contributed by atoms with van der Waals surface area (Å²) in [5, 5.41) is 33.3. The van der Waals surface area contributed by atoms with Gasteiger partial charge in [-0.05, 0) is 72.4 Å². The Kier molecular flexibility index (Phi) is 18.4. The van der Waals surface area contributed by atoms with Crippen molar-refractivity contribution in [1.29, 1.82) is 0 Å². The van der Waals surface area contributed by atoms with Gasteiger partial charge in [-0.1, -0.05) is 91.0 Å². The lowest BCUT2D eigenvalue weighted by atomic mass is 10.0. The van der Waals surface area contributed by atoms with Crippen molar-refractivity contribution in [3.63, 3.8) is 0 Å². The summed E-state index contributed by atoms with van der Waals surface area (Å²) in [6.45, 7) is 0.914. The minimum absolute atomic E-state index is 0.250. The number of halogens is 4. The minimum atomic E-state index is -1.30. The van der Waals surface area contributed by atoms with Crippen LogP contribution in [-0.4, -0.2) is 103 Å². The second kappa shape index (κ2) is 27.1. The van der Waals surface area contributed by atoms with Crippen LogP contribution in [0.5, 0.6) is 0 Å². The van der Waals surface area contributed by atoms with Crippen molar-refractivity contribution < 1.29 is 46.8 Å². The lowest BCUT2D eigenvalue weighted by molar-refractivity contribution is -0.127. The Labute approximate surface area is 551 Å². The molecule has 0 aliphatic carbocycles. The standard InChI is InChI=1S/3C23H20FN5O2.CH3FS/c3*1-28-11-16(18-21(25)26-12-27-22(18)28)14-7-8-17-15(19(14)24)9-10-29(17)23(31)20(30)13-5-3-2-4-6-13;1-3-2/h3*2-8,11-12,20,30H,9-10H2,1H3,(H2,25,26,27);1H3/t2*20-;;/m10../s1. The topological polar surface area (TPSA) is 292 Å². The van der Waals surface area contributed by atoms with Gasteiger partial charge in [-0.2, -0.15) is 3.89 Å². The van der Waals surface area contributed by atoms with E-state index in [1.165, 1.54) is 39.9 Å². The quantitative estimate of drug-likeness (QED) is 0.0733. The van der Waals surface area contributed by atoms with Gasteiger partial charge in [-0.15, -0.1) is 0 Å². The first-order valence-electron chi connectivity index (χ1n) is 30.2. The molecular weight excluding hydrogens is 1250 g/mol. The van der Waals surface area contributed by atoms with Gasteiger partial charge in [0.05, 0.1) is 16.2 Å². The first-order valence-corrected chi connectivity index (χ1v) is 31.3. The summed E-state index contributed by atoms with van der Waals surface area (Å²) in [5.41, 5.74) is 27.2. The van der Waals surface area contributed by atoms with Gasteiger partial charge in [0, 0.05) is 145 Å². The number of amides is 3. The summed E-state index contributed by atoms with van der Waals surface area (Å²) in [6, 6.07) is 36.2. The molecule has 6 aromatic heterocycles. The van der Waals surface area contributed by atoms with E-state index in [2.05, 4.69) is 29.9 Å². The summed E-state index contributed by atoms with van der Waals surface area (Å²) >= 11 is 0.250. The molecule has 21 nitrogen and oxygen atoms in total. The van der Waals surface area contributed by atoms with Crippen LogP contribution in [-0.2, 0) is 54.8 Å². The molecule has 0 fully saturated rings. The Morgan fingerprint density at radius 3 is 0.917 bits per heavy atom. The van der Waals surface area contributed by atoms with E-state index in [-0.39, 0.29) is 29.6 Å². The SMILES string of the molecule is CSF.Cn1cc(-c2ccc3c(c2F)CCN3C(=O)C(O)c2ccccc2)c2c(N)ncnc21.Cn1cc(-c2ccc3c(c2F)CCN3C(=O)[C@@H](O)c2ccccc2)c2c(N)ncnc21.Cn1cc(-c2ccc3c(c2F)CCN3C(=O)[C@H](O)c2ccccc2)c2c(N)ncnc21. The van der Waals surface area contributed by atoms with Gasteiger partial charge in [-0.25, -0.2) is 43.1 Å². The first-order chi connectivity index (χ1) is 46.3. The maximum absolute atomic E-state index is 15.6. The molecule has 12 aromatic rings. The molecule has 0 bridgehead atoms. The van der Waals surface area contributed by atoms with Crippen molar-refractivity contribution in [2.45, 2.75) is 37.6 Å². The third-order valence-corrected chi connectivity index (χ3v) is 17.3. The molecule has 96 heavy (non-hydrogen) atoms. The largest absolute Gasteiger partial charge is 0.383 e. The van der Waals surface area contributed by atoms with E-state index in [1.54, 1.807) is 141 Å². The van der Waals surface area contributed by atoms with Crippen molar-refractivity contribution in [3.8, 4) is 33.4 Å². The Bertz CT molecular complexity index is 4480. The number of aliphatic hydroxyl groups is 3. The molecule has 6 aromatic carbocycles. The van der Waals surface area contributed by atoms with Crippen LogP contribution in [0.15, 0.2) is 165 Å². The van der Waals surface area contributed by atoms with Crippen molar-refractivity contribution >= 4 is 97.5 Å². The second-order valence-corrected chi connectivity index (χ2v) is 23.2. The number of hydrogen-bond acceptors (Lipinski definition) is 16. The zero-order valence-corrected chi connectivity index (χ0v) is 53.0. The summed E-state index contributed by atoms with van der Waals surface area (Å²) in [6.07, 6.45) is 8.01. The molecule has 3 aliphatic heterocycles. The van der Waals surface area contributed by atoms with Gasteiger partial charge in [0.25, 0.3) is 17.7 Å². The van der Waals surface area contributed by atoms with Crippen LogP contribution in [0.4, 0.5) is 51.6 Å². The predicted molar refractivity (Wildman–Crippen MR) is 362 cm³/mol. The fraction of sp³-hybridized carbons (Fsp3) is 0.186. The van der Waals surface area contributed by atoms with Crippen LogP contribution < -0.4 is 31.9 Å². The highest BCUT2D eigenvalue weighted by Gasteiger charge is 2.37. The maximum atomic E-state index is 15.6. The van der Waals surface area contributed by atoms with Crippen LogP contribution >= 0.6 is 12.1 Å².